The van der Waals surface area contributed by atoms with Gasteiger partial charge in [0.15, 0.2) is 0 Å². The van der Waals surface area contributed by atoms with Crippen molar-refractivity contribution in [2.24, 2.45) is 0 Å². The van der Waals surface area contributed by atoms with Crippen molar-refractivity contribution in [2.45, 2.75) is 6.18 Å². The maximum atomic E-state index is 12.7. The van der Waals surface area contributed by atoms with Crippen LogP contribution in [0, 0.1) is 0 Å². The van der Waals surface area contributed by atoms with Gasteiger partial charge in [0, 0.05) is 16.4 Å². The SMILES string of the molecule is Nc1ccc(Nc2cc(Cl)cc(C(F)(F)F)c2)cc1N. The Morgan fingerprint density at radius 2 is 1.60 bits per heavy atom. The third-order valence-corrected chi connectivity index (χ3v) is 2.82. The van der Waals surface area contributed by atoms with E-state index in [1.54, 1.807) is 12.1 Å². The van der Waals surface area contributed by atoms with Crippen molar-refractivity contribution in [3.63, 3.8) is 0 Å². The average molecular weight is 302 g/mol. The van der Waals surface area contributed by atoms with Crippen LogP contribution in [0.2, 0.25) is 5.02 Å². The number of hydrogen-bond acceptors (Lipinski definition) is 3. The normalized spacial score (nSPS) is 11.4. The predicted molar refractivity (Wildman–Crippen MR) is 75.0 cm³/mol. The molecule has 0 fully saturated rings. The van der Waals surface area contributed by atoms with Crippen LogP contribution >= 0.6 is 11.6 Å². The van der Waals surface area contributed by atoms with Gasteiger partial charge in [-0.05, 0) is 36.4 Å². The van der Waals surface area contributed by atoms with Gasteiger partial charge in [-0.3, -0.25) is 0 Å². The van der Waals surface area contributed by atoms with Gasteiger partial charge in [-0.15, -0.1) is 0 Å². The van der Waals surface area contributed by atoms with Crippen LogP contribution in [-0.4, -0.2) is 0 Å². The lowest BCUT2D eigenvalue weighted by Crippen LogP contribution is -2.05. The summed E-state index contributed by atoms with van der Waals surface area (Å²) in [4.78, 5) is 0. The van der Waals surface area contributed by atoms with Crippen molar-refractivity contribution in [3.05, 3.63) is 47.0 Å². The molecule has 0 saturated carbocycles. The summed E-state index contributed by atoms with van der Waals surface area (Å²) < 4.78 is 38.0. The van der Waals surface area contributed by atoms with Gasteiger partial charge in [0.2, 0.25) is 0 Å². The fourth-order valence-corrected chi connectivity index (χ4v) is 1.88. The van der Waals surface area contributed by atoms with Gasteiger partial charge in [0.05, 0.1) is 16.9 Å². The van der Waals surface area contributed by atoms with E-state index >= 15 is 0 Å². The molecular formula is C13H11ClF3N3. The van der Waals surface area contributed by atoms with Gasteiger partial charge in [-0.2, -0.15) is 13.2 Å². The van der Waals surface area contributed by atoms with Gasteiger partial charge < -0.3 is 16.8 Å². The molecule has 0 heterocycles. The molecule has 0 aromatic heterocycles. The highest BCUT2D eigenvalue weighted by atomic mass is 35.5. The van der Waals surface area contributed by atoms with Crippen LogP contribution in [0.15, 0.2) is 36.4 Å². The molecule has 0 amide bonds. The number of hydrogen-bond donors (Lipinski definition) is 3. The summed E-state index contributed by atoms with van der Waals surface area (Å²) in [7, 11) is 0. The number of nitrogen functional groups attached to an aromatic ring is 2. The molecule has 106 valence electrons. The molecule has 20 heavy (non-hydrogen) atoms. The highest BCUT2D eigenvalue weighted by molar-refractivity contribution is 6.31. The number of halogens is 4. The molecule has 2 aromatic carbocycles. The van der Waals surface area contributed by atoms with Crippen molar-refractivity contribution in [3.8, 4) is 0 Å². The molecule has 0 bridgehead atoms. The van der Waals surface area contributed by atoms with Crippen LogP contribution in [0.25, 0.3) is 0 Å². The van der Waals surface area contributed by atoms with Gasteiger partial charge >= 0.3 is 6.18 Å². The molecular weight excluding hydrogens is 291 g/mol. The molecule has 2 rings (SSSR count). The molecule has 0 spiro atoms. The molecule has 0 atom stereocenters. The second kappa shape index (κ2) is 5.13. The molecule has 3 nitrogen and oxygen atoms in total. The summed E-state index contributed by atoms with van der Waals surface area (Å²) >= 11 is 5.69. The van der Waals surface area contributed by atoms with Gasteiger partial charge in [-0.1, -0.05) is 11.6 Å². The van der Waals surface area contributed by atoms with Crippen LogP contribution in [0.3, 0.4) is 0 Å². The first kappa shape index (κ1) is 14.3. The van der Waals surface area contributed by atoms with E-state index in [-0.39, 0.29) is 10.7 Å². The Morgan fingerprint density at radius 1 is 0.900 bits per heavy atom. The molecule has 0 aliphatic heterocycles. The average Bonchev–Trinajstić information content (AvgIpc) is 2.32. The quantitative estimate of drug-likeness (QED) is 0.726. The second-order valence-electron chi connectivity index (χ2n) is 4.20. The summed E-state index contributed by atoms with van der Waals surface area (Å²) in [5, 5.41) is 2.80. The first-order chi connectivity index (χ1) is 9.25. The standard InChI is InChI=1S/C13H11ClF3N3/c14-8-3-7(13(15,16)17)4-10(5-8)20-9-1-2-11(18)12(19)6-9/h1-6,20H,18-19H2. The number of rotatable bonds is 2. The first-order valence-electron chi connectivity index (χ1n) is 5.55. The monoisotopic (exact) mass is 301 g/mol. The van der Waals surface area contributed by atoms with Gasteiger partial charge in [0.25, 0.3) is 0 Å². The van der Waals surface area contributed by atoms with Crippen molar-refractivity contribution >= 4 is 34.4 Å². The summed E-state index contributed by atoms with van der Waals surface area (Å²) in [5.74, 6) is 0. The van der Waals surface area contributed by atoms with Crippen LogP contribution in [-0.2, 0) is 6.18 Å². The lowest BCUT2D eigenvalue weighted by Gasteiger charge is -2.12. The lowest BCUT2D eigenvalue weighted by molar-refractivity contribution is -0.137. The minimum Gasteiger partial charge on any atom is -0.397 e. The Balaban J connectivity index is 2.33. The van der Waals surface area contributed by atoms with Crippen molar-refractivity contribution in [1.82, 2.24) is 0 Å². The summed E-state index contributed by atoms with van der Waals surface area (Å²) in [6, 6.07) is 7.93. The molecule has 5 N–H and O–H groups in total. The Labute approximate surface area is 118 Å². The Bertz CT molecular complexity index is 641. The second-order valence-corrected chi connectivity index (χ2v) is 4.63. The fraction of sp³-hybridized carbons (Fsp3) is 0.0769. The molecule has 0 unspecified atom stereocenters. The lowest BCUT2D eigenvalue weighted by atomic mass is 10.2. The first-order valence-corrected chi connectivity index (χ1v) is 5.93. The van der Waals surface area contributed by atoms with E-state index in [0.717, 1.165) is 12.1 Å². The number of nitrogens with one attached hydrogen (secondary N) is 1. The van der Waals surface area contributed by atoms with Crippen LogP contribution in [0.1, 0.15) is 5.56 Å². The zero-order valence-electron chi connectivity index (χ0n) is 10.1. The van der Waals surface area contributed by atoms with Crippen LogP contribution in [0.5, 0.6) is 0 Å². The van der Waals surface area contributed by atoms with Crippen molar-refractivity contribution < 1.29 is 13.2 Å². The molecule has 7 heteroatoms. The van der Waals surface area contributed by atoms with E-state index in [1.165, 1.54) is 12.1 Å². The summed E-state index contributed by atoms with van der Waals surface area (Å²) in [5.41, 5.74) is 11.9. The van der Waals surface area contributed by atoms with Crippen LogP contribution in [0.4, 0.5) is 35.9 Å². The number of benzene rings is 2. The van der Waals surface area contributed by atoms with E-state index in [4.69, 9.17) is 23.1 Å². The zero-order chi connectivity index (χ0) is 14.9. The predicted octanol–water partition coefficient (Wildman–Crippen LogP) is 4.27. The summed E-state index contributed by atoms with van der Waals surface area (Å²) in [6.07, 6.45) is -4.46. The smallest absolute Gasteiger partial charge is 0.397 e. The third-order valence-electron chi connectivity index (χ3n) is 2.60. The molecule has 0 saturated heterocycles. The Morgan fingerprint density at radius 3 is 2.20 bits per heavy atom. The maximum absolute atomic E-state index is 12.7. The molecule has 0 aliphatic rings. The van der Waals surface area contributed by atoms with E-state index in [2.05, 4.69) is 5.32 Å². The van der Waals surface area contributed by atoms with E-state index < -0.39 is 11.7 Å². The number of alkyl halides is 3. The fourth-order valence-electron chi connectivity index (χ4n) is 1.64. The van der Waals surface area contributed by atoms with Crippen LogP contribution < -0.4 is 16.8 Å². The minimum absolute atomic E-state index is 0.00857. The van der Waals surface area contributed by atoms with Gasteiger partial charge in [0.1, 0.15) is 0 Å². The third kappa shape index (κ3) is 3.27. The van der Waals surface area contributed by atoms with Crippen molar-refractivity contribution in [1.29, 1.82) is 0 Å². The number of anilines is 4. The molecule has 0 aliphatic carbocycles. The molecule has 0 radical (unpaired) electrons. The van der Waals surface area contributed by atoms with E-state index in [0.29, 0.717) is 17.1 Å². The highest BCUT2D eigenvalue weighted by Crippen LogP contribution is 2.34. The van der Waals surface area contributed by atoms with E-state index in [9.17, 15) is 13.2 Å². The zero-order valence-corrected chi connectivity index (χ0v) is 10.9. The molecule has 2 aromatic rings. The summed E-state index contributed by atoms with van der Waals surface area (Å²) in [6.45, 7) is 0. The minimum atomic E-state index is -4.46. The van der Waals surface area contributed by atoms with Crippen molar-refractivity contribution in [2.75, 3.05) is 16.8 Å². The van der Waals surface area contributed by atoms with Gasteiger partial charge in [-0.25, -0.2) is 0 Å². The number of nitrogens with two attached hydrogens (primary N) is 2. The van der Waals surface area contributed by atoms with E-state index in [1.807, 2.05) is 0 Å². The Hall–Kier alpha value is -2.08. The maximum Gasteiger partial charge on any atom is 0.416 e. The Kier molecular flexibility index (Phi) is 3.67. The topological polar surface area (TPSA) is 64.1 Å². The highest BCUT2D eigenvalue weighted by Gasteiger charge is 2.31. The largest absolute Gasteiger partial charge is 0.416 e.